The molecule has 0 aliphatic rings. The second-order valence-electron chi connectivity index (χ2n) is 5.93. The molecule has 1 heteroatoms. The van der Waals surface area contributed by atoms with E-state index in [1.807, 2.05) is 7.05 Å². The van der Waals surface area contributed by atoms with Gasteiger partial charge in [0.15, 0.2) is 0 Å². The third-order valence-corrected chi connectivity index (χ3v) is 4.25. The van der Waals surface area contributed by atoms with Crippen LogP contribution in [0.5, 0.6) is 0 Å². The van der Waals surface area contributed by atoms with Crippen LogP contribution in [0.1, 0.15) is 55.4 Å². The van der Waals surface area contributed by atoms with Gasteiger partial charge in [-0.25, -0.2) is 0 Å². The summed E-state index contributed by atoms with van der Waals surface area (Å²) in [6, 6.07) is 0. The highest BCUT2D eigenvalue weighted by molar-refractivity contribution is 5.98. The van der Waals surface area contributed by atoms with Gasteiger partial charge in [0.25, 0.3) is 0 Å². The van der Waals surface area contributed by atoms with Crippen LogP contribution in [0.3, 0.4) is 0 Å². The highest BCUT2D eigenvalue weighted by atomic mass is 14.7. The molecule has 0 radical (unpaired) electrons. The second kappa shape index (κ2) is 4.51. The van der Waals surface area contributed by atoms with Gasteiger partial charge in [-0.15, -0.1) is 0 Å². The van der Waals surface area contributed by atoms with Crippen LogP contribution in [0.15, 0.2) is 16.1 Å². The highest BCUT2D eigenvalue weighted by Gasteiger charge is 2.35. The summed E-state index contributed by atoms with van der Waals surface area (Å²) in [5.41, 5.74) is 4.38. The molecular formula is C14H27N. The van der Waals surface area contributed by atoms with E-state index in [4.69, 9.17) is 0 Å². The standard InChI is InChI=1S/C14H27N/c1-10(12(3)15-9)11(2)14(7,8)13(4,5)6/h1-9H3/b11-10-,15-12+. The highest BCUT2D eigenvalue weighted by Crippen LogP contribution is 2.44. The zero-order chi connectivity index (χ0) is 12.4. The smallest absolute Gasteiger partial charge is 0.0342 e. The van der Waals surface area contributed by atoms with Crippen molar-refractivity contribution in [2.45, 2.75) is 55.4 Å². The molecule has 0 N–H and O–H groups in total. The number of hydrogen-bond donors (Lipinski definition) is 0. The monoisotopic (exact) mass is 209 g/mol. The molecule has 0 aromatic carbocycles. The minimum absolute atomic E-state index is 0.197. The van der Waals surface area contributed by atoms with Gasteiger partial charge in [-0.05, 0) is 37.2 Å². The topological polar surface area (TPSA) is 12.4 Å². The molecule has 0 heterocycles. The number of allylic oxidation sites excluding steroid dienone is 2. The summed E-state index contributed by atoms with van der Waals surface area (Å²) in [7, 11) is 1.86. The van der Waals surface area contributed by atoms with Gasteiger partial charge < -0.3 is 0 Å². The lowest BCUT2D eigenvalue weighted by molar-refractivity contribution is 0.176. The molecule has 0 atom stereocenters. The minimum Gasteiger partial charge on any atom is -0.293 e. The van der Waals surface area contributed by atoms with Crippen LogP contribution in [-0.4, -0.2) is 12.8 Å². The zero-order valence-electron chi connectivity index (χ0n) is 11.9. The summed E-state index contributed by atoms with van der Waals surface area (Å²) in [6.45, 7) is 18.0. The number of hydrogen-bond acceptors (Lipinski definition) is 1. The van der Waals surface area contributed by atoms with E-state index in [0.717, 1.165) is 5.71 Å². The lowest BCUT2D eigenvalue weighted by atomic mass is 9.64. The summed E-state index contributed by atoms with van der Waals surface area (Å²) >= 11 is 0. The fourth-order valence-electron chi connectivity index (χ4n) is 1.47. The molecule has 0 saturated carbocycles. The maximum absolute atomic E-state index is 4.26. The normalized spacial score (nSPS) is 16.5. The van der Waals surface area contributed by atoms with Gasteiger partial charge in [0, 0.05) is 12.8 Å². The van der Waals surface area contributed by atoms with E-state index in [9.17, 15) is 0 Å². The van der Waals surface area contributed by atoms with E-state index in [1.54, 1.807) is 0 Å². The fraction of sp³-hybridized carbons (Fsp3) is 0.786. The van der Waals surface area contributed by atoms with E-state index < -0.39 is 0 Å². The van der Waals surface area contributed by atoms with Crippen LogP contribution >= 0.6 is 0 Å². The Morgan fingerprint density at radius 1 is 0.867 bits per heavy atom. The van der Waals surface area contributed by atoms with Gasteiger partial charge in [-0.1, -0.05) is 40.2 Å². The van der Waals surface area contributed by atoms with Gasteiger partial charge in [-0.2, -0.15) is 0 Å². The van der Waals surface area contributed by atoms with E-state index in [1.165, 1.54) is 11.1 Å². The number of aliphatic imine (C=N–C) groups is 1. The molecule has 0 amide bonds. The molecule has 0 unspecified atom stereocenters. The Balaban J connectivity index is 5.43. The van der Waals surface area contributed by atoms with Crippen molar-refractivity contribution >= 4 is 5.71 Å². The SMILES string of the molecule is C/N=C(C)/C(C)=C(/C)C(C)(C)C(C)(C)C. The quantitative estimate of drug-likeness (QED) is 0.594. The molecule has 0 bridgehead atoms. The third kappa shape index (κ3) is 2.93. The molecular weight excluding hydrogens is 182 g/mol. The average molecular weight is 209 g/mol. The van der Waals surface area contributed by atoms with Crippen LogP contribution in [-0.2, 0) is 0 Å². The summed E-state index contributed by atoms with van der Waals surface area (Å²) < 4.78 is 0. The van der Waals surface area contributed by atoms with E-state index in [0.29, 0.717) is 0 Å². The predicted octanol–water partition coefficient (Wildman–Crippen LogP) is 4.49. The average Bonchev–Trinajstić information content (AvgIpc) is 2.12. The van der Waals surface area contributed by atoms with Gasteiger partial charge in [0.1, 0.15) is 0 Å². The zero-order valence-corrected chi connectivity index (χ0v) is 11.9. The maximum atomic E-state index is 4.26. The number of nitrogens with zero attached hydrogens (tertiary/aromatic N) is 1. The Kier molecular flexibility index (Phi) is 4.33. The van der Waals surface area contributed by atoms with Crippen molar-refractivity contribution in [2.24, 2.45) is 15.8 Å². The van der Waals surface area contributed by atoms with Gasteiger partial charge in [0.05, 0.1) is 0 Å². The van der Waals surface area contributed by atoms with Crippen molar-refractivity contribution in [3.8, 4) is 0 Å². The summed E-state index contributed by atoms with van der Waals surface area (Å²) in [5, 5.41) is 0. The maximum Gasteiger partial charge on any atom is 0.0342 e. The molecule has 1 nitrogen and oxygen atoms in total. The molecule has 0 spiro atoms. The Labute approximate surface area is 95.7 Å². The van der Waals surface area contributed by atoms with Gasteiger partial charge >= 0.3 is 0 Å². The Morgan fingerprint density at radius 2 is 1.27 bits per heavy atom. The molecule has 0 rings (SSSR count). The Morgan fingerprint density at radius 3 is 1.53 bits per heavy atom. The number of rotatable bonds is 2. The second-order valence-corrected chi connectivity index (χ2v) is 5.93. The van der Waals surface area contributed by atoms with Crippen molar-refractivity contribution in [3.63, 3.8) is 0 Å². The first-order valence-corrected chi connectivity index (χ1v) is 5.67. The Hall–Kier alpha value is -0.590. The van der Waals surface area contributed by atoms with Gasteiger partial charge in [0.2, 0.25) is 0 Å². The van der Waals surface area contributed by atoms with E-state index in [2.05, 4.69) is 60.4 Å². The van der Waals surface area contributed by atoms with E-state index in [-0.39, 0.29) is 10.8 Å². The van der Waals surface area contributed by atoms with Gasteiger partial charge in [-0.3, -0.25) is 4.99 Å². The van der Waals surface area contributed by atoms with Crippen LogP contribution in [0.2, 0.25) is 0 Å². The summed E-state index contributed by atoms with van der Waals surface area (Å²) in [4.78, 5) is 4.26. The fourth-order valence-corrected chi connectivity index (χ4v) is 1.47. The minimum atomic E-state index is 0.197. The Bertz CT molecular complexity index is 285. The van der Waals surface area contributed by atoms with Crippen molar-refractivity contribution < 1.29 is 0 Å². The largest absolute Gasteiger partial charge is 0.293 e. The molecule has 15 heavy (non-hydrogen) atoms. The summed E-state index contributed by atoms with van der Waals surface area (Å²) in [5.74, 6) is 0. The predicted molar refractivity (Wildman–Crippen MR) is 70.6 cm³/mol. The van der Waals surface area contributed by atoms with Crippen molar-refractivity contribution in [1.29, 1.82) is 0 Å². The first kappa shape index (κ1) is 14.4. The van der Waals surface area contributed by atoms with Crippen LogP contribution in [0.4, 0.5) is 0 Å². The lowest BCUT2D eigenvalue weighted by Gasteiger charge is -2.41. The summed E-state index contributed by atoms with van der Waals surface area (Å²) in [6.07, 6.45) is 0. The molecule has 0 aliphatic heterocycles. The lowest BCUT2D eigenvalue weighted by Crippen LogP contribution is -2.31. The third-order valence-electron chi connectivity index (χ3n) is 4.25. The molecule has 88 valence electrons. The van der Waals surface area contributed by atoms with E-state index >= 15 is 0 Å². The molecule has 0 fully saturated rings. The first-order valence-electron chi connectivity index (χ1n) is 5.67. The van der Waals surface area contributed by atoms with Crippen LogP contribution in [0.25, 0.3) is 0 Å². The molecule has 0 saturated heterocycles. The molecule has 0 aromatic heterocycles. The van der Waals surface area contributed by atoms with Crippen LogP contribution < -0.4 is 0 Å². The molecule has 0 aliphatic carbocycles. The van der Waals surface area contributed by atoms with Crippen molar-refractivity contribution in [3.05, 3.63) is 11.1 Å². The first-order chi connectivity index (χ1) is 6.55. The van der Waals surface area contributed by atoms with Crippen molar-refractivity contribution in [1.82, 2.24) is 0 Å². The van der Waals surface area contributed by atoms with Crippen molar-refractivity contribution in [2.75, 3.05) is 7.05 Å². The van der Waals surface area contributed by atoms with Crippen LogP contribution in [0, 0.1) is 10.8 Å². The molecule has 0 aromatic rings.